The van der Waals surface area contributed by atoms with Gasteiger partial charge in [0.25, 0.3) is 0 Å². The summed E-state index contributed by atoms with van der Waals surface area (Å²) >= 11 is 2.02. The number of nitrogens with one attached hydrogen (secondary N) is 2. The third-order valence-electron chi connectivity index (χ3n) is 3.08. The first-order valence-electron chi connectivity index (χ1n) is 6.22. The van der Waals surface area contributed by atoms with Gasteiger partial charge in [-0.3, -0.25) is 10.1 Å². The molecule has 0 radical (unpaired) electrons. The number of aromatic amines is 1. The van der Waals surface area contributed by atoms with Crippen molar-refractivity contribution in [2.75, 3.05) is 16.8 Å². The van der Waals surface area contributed by atoms with Crippen LogP contribution in [0.4, 0.5) is 5.69 Å². The van der Waals surface area contributed by atoms with Gasteiger partial charge in [-0.25, -0.2) is 0 Å². The highest BCUT2D eigenvalue weighted by Crippen LogP contribution is 2.26. The zero-order valence-electron chi connectivity index (χ0n) is 10.1. The largest absolute Gasteiger partial charge is 0.378 e. The number of pyridine rings is 1. The van der Waals surface area contributed by atoms with Crippen molar-refractivity contribution in [2.45, 2.75) is 18.9 Å². The van der Waals surface area contributed by atoms with E-state index in [1.54, 1.807) is 6.20 Å². The van der Waals surface area contributed by atoms with Crippen molar-refractivity contribution in [1.82, 2.24) is 15.2 Å². The fraction of sp³-hybridized carbons (Fsp3) is 0.385. The maximum atomic E-state index is 4.36. The van der Waals surface area contributed by atoms with Crippen molar-refractivity contribution in [3.05, 3.63) is 30.6 Å². The first kappa shape index (κ1) is 11.6. The Hall–Kier alpha value is -1.49. The van der Waals surface area contributed by atoms with Crippen LogP contribution >= 0.6 is 11.8 Å². The second kappa shape index (κ2) is 5.44. The summed E-state index contributed by atoms with van der Waals surface area (Å²) in [6.45, 7) is 0. The minimum Gasteiger partial charge on any atom is -0.378 e. The number of thioether (sulfide) groups is 1. The van der Waals surface area contributed by atoms with Gasteiger partial charge < -0.3 is 5.32 Å². The molecule has 0 amide bonds. The van der Waals surface area contributed by atoms with Gasteiger partial charge in [-0.1, -0.05) is 6.07 Å². The number of anilines is 1. The molecule has 4 nitrogen and oxygen atoms in total. The van der Waals surface area contributed by atoms with Crippen LogP contribution in [-0.2, 0) is 0 Å². The van der Waals surface area contributed by atoms with Crippen molar-refractivity contribution < 1.29 is 0 Å². The molecule has 5 heteroatoms. The minimum atomic E-state index is 0.545. The molecule has 0 bridgehead atoms. The van der Waals surface area contributed by atoms with E-state index in [0.717, 1.165) is 17.1 Å². The van der Waals surface area contributed by atoms with Gasteiger partial charge in [-0.2, -0.15) is 16.9 Å². The standard InChI is InChI=1S/C13H16N4S/c1-2-6-14-11(5-1)13-12(8-15-17-13)16-10-4-3-7-18-9-10/h1-2,5-6,8,10,16H,3-4,7,9H2,(H,15,17). The van der Waals surface area contributed by atoms with Gasteiger partial charge in [0, 0.05) is 18.0 Å². The summed E-state index contributed by atoms with van der Waals surface area (Å²) in [7, 11) is 0. The number of aromatic nitrogens is 3. The van der Waals surface area contributed by atoms with Crippen LogP contribution in [0.1, 0.15) is 12.8 Å². The summed E-state index contributed by atoms with van der Waals surface area (Å²) in [5.74, 6) is 2.46. The van der Waals surface area contributed by atoms with Crippen molar-refractivity contribution in [3.63, 3.8) is 0 Å². The predicted molar refractivity (Wildman–Crippen MR) is 75.8 cm³/mol. The Morgan fingerprint density at radius 3 is 3.17 bits per heavy atom. The molecule has 2 aromatic rings. The summed E-state index contributed by atoms with van der Waals surface area (Å²) in [6.07, 6.45) is 6.18. The van der Waals surface area contributed by atoms with Gasteiger partial charge in [-0.05, 0) is 30.7 Å². The summed E-state index contributed by atoms with van der Waals surface area (Å²) in [6, 6.07) is 6.45. The maximum Gasteiger partial charge on any atom is 0.107 e. The van der Waals surface area contributed by atoms with Crippen molar-refractivity contribution >= 4 is 17.4 Å². The smallest absolute Gasteiger partial charge is 0.107 e. The molecule has 94 valence electrons. The molecule has 2 N–H and O–H groups in total. The van der Waals surface area contributed by atoms with Gasteiger partial charge in [0.15, 0.2) is 0 Å². The highest BCUT2D eigenvalue weighted by molar-refractivity contribution is 7.99. The lowest BCUT2D eigenvalue weighted by atomic mass is 10.1. The average molecular weight is 260 g/mol. The zero-order chi connectivity index (χ0) is 12.2. The van der Waals surface area contributed by atoms with E-state index in [-0.39, 0.29) is 0 Å². The Labute approximate surface area is 111 Å². The van der Waals surface area contributed by atoms with Crippen LogP contribution in [0.2, 0.25) is 0 Å². The summed E-state index contributed by atoms with van der Waals surface area (Å²) in [5, 5.41) is 10.7. The van der Waals surface area contributed by atoms with E-state index in [1.807, 2.05) is 36.2 Å². The van der Waals surface area contributed by atoms with Crippen LogP contribution in [0.15, 0.2) is 30.6 Å². The highest BCUT2D eigenvalue weighted by atomic mass is 32.2. The van der Waals surface area contributed by atoms with E-state index in [2.05, 4.69) is 20.5 Å². The molecule has 0 aliphatic carbocycles. The second-order valence-electron chi connectivity index (χ2n) is 4.43. The third-order valence-corrected chi connectivity index (χ3v) is 4.30. The zero-order valence-corrected chi connectivity index (χ0v) is 10.9. The predicted octanol–water partition coefficient (Wildman–Crippen LogP) is 2.78. The SMILES string of the molecule is c1ccc(-c2[nH]ncc2NC2CCCSC2)nc1. The molecule has 18 heavy (non-hydrogen) atoms. The summed E-state index contributed by atoms with van der Waals surface area (Å²) in [5.41, 5.74) is 2.97. The van der Waals surface area contributed by atoms with Crippen molar-refractivity contribution in [3.8, 4) is 11.4 Å². The minimum absolute atomic E-state index is 0.545. The van der Waals surface area contributed by atoms with Gasteiger partial charge in [-0.15, -0.1) is 0 Å². The molecule has 3 rings (SSSR count). The summed E-state index contributed by atoms with van der Waals surface area (Å²) < 4.78 is 0. The molecule has 1 saturated heterocycles. The van der Waals surface area contributed by atoms with E-state index in [4.69, 9.17) is 0 Å². The Bertz CT molecular complexity index is 491. The van der Waals surface area contributed by atoms with Crippen molar-refractivity contribution in [1.29, 1.82) is 0 Å². The number of hydrogen-bond acceptors (Lipinski definition) is 4. The van der Waals surface area contributed by atoms with Gasteiger partial charge >= 0.3 is 0 Å². The van der Waals surface area contributed by atoms with Crippen LogP contribution in [-0.4, -0.2) is 32.7 Å². The normalized spacial score (nSPS) is 19.7. The molecule has 1 fully saturated rings. The Morgan fingerprint density at radius 1 is 1.39 bits per heavy atom. The van der Waals surface area contributed by atoms with Gasteiger partial charge in [0.2, 0.25) is 0 Å². The lowest BCUT2D eigenvalue weighted by Gasteiger charge is -2.23. The van der Waals surface area contributed by atoms with Crippen molar-refractivity contribution in [2.24, 2.45) is 0 Å². The molecular formula is C13H16N4S. The number of rotatable bonds is 3. The number of nitrogens with zero attached hydrogens (tertiary/aromatic N) is 2. The number of hydrogen-bond donors (Lipinski definition) is 2. The Balaban J connectivity index is 1.79. The van der Waals surface area contributed by atoms with E-state index in [1.165, 1.54) is 24.3 Å². The number of H-pyrrole nitrogens is 1. The summed E-state index contributed by atoms with van der Waals surface area (Å²) in [4.78, 5) is 4.36. The first-order valence-corrected chi connectivity index (χ1v) is 7.38. The van der Waals surface area contributed by atoms with E-state index >= 15 is 0 Å². The van der Waals surface area contributed by atoms with Crippen LogP contribution in [0.5, 0.6) is 0 Å². The third kappa shape index (κ3) is 2.51. The topological polar surface area (TPSA) is 53.6 Å². The fourth-order valence-electron chi connectivity index (χ4n) is 2.18. The Kier molecular flexibility index (Phi) is 3.50. The molecule has 3 heterocycles. The molecule has 2 aromatic heterocycles. The lowest BCUT2D eigenvalue weighted by molar-refractivity contribution is 0.685. The lowest BCUT2D eigenvalue weighted by Crippen LogP contribution is -2.25. The highest BCUT2D eigenvalue weighted by Gasteiger charge is 2.16. The van der Waals surface area contributed by atoms with Crippen LogP contribution < -0.4 is 5.32 Å². The molecule has 0 spiro atoms. The van der Waals surface area contributed by atoms with E-state index in [9.17, 15) is 0 Å². The maximum absolute atomic E-state index is 4.36. The Morgan fingerprint density at radius 2 is 2.39 bits per heavy atom. The molecule has 1 unspecified atom stereocenters. The van der Waals surface area contributed by atoms with E-state index in [0.29, 0.717) is 6.04 Å². The molecular weight excluding hydrogens is 244 g/mol. The van der Waals surface area contributed by atoms with Crippen LogP contribution in [0.3, 0.4) is 0 Å². The fourth-order valence-corrected chi connectivity index (χ4v) is 3.25. The molecule has 0 aromatic carbocycles. The molecule has 1 atom stereocenters. The van der Waals surface area contributed by atoms with Gasteiger partial charge in [0.05, 0.1) is 17.6 Å². The average Bonchev–Trinajstić information content (AvgIpc) is 2.89. The quantitative estimate of drug-likeness (QED) is 0.891. The van der Waals surface area contributed by atoms with Crippen LogP contribution in [0, 0.1) is 0 Å². The monoisotopic (exact) mass is 260 g/mol. The molecule has 1 aliphatic rings. The second-order valence-corrected chi connectivity index (χ2v) is 5.58. The van der Waals surface area contributed by atoms with Gasteiger partial charge in [0.1, 0.15) is 5.69 Å². The first-order chi connectivity index (χ1) is 8.93. The van der Waals surface area contributed by atoms with Crippen LogP contribution in [0.25, 0.3) is 11.4 Å². The molecule has 0 saturated carbocycles. The molecule has 1 aliphatic heterocycles. The van der Waals surface area contributed by atoms with E-state index < -0.39 is 0 Å².